The first kappa shape index (κ1) is 18.6. The summed E-state index contributed by atoms with van der Waals surface area (Å²) in [5.74, 6) is 1.13. The van der Waals surface area contributed by atoms with Crippen LogP contribution in [0.25, 0.3) is 11.4 Å². The summed E-state index contributed by atoms with van der Waals surface area (Å²) in [5.41, 5.74) is 2.39. The summed E-state index contributed by atoms with van der Waals surface area (Å²) in [6.07, 6.45) is 1.64. The number of amides is 1. The summed E-state index contributed by atoms with van der Waals surface area (Å²) >= 11 is 5.91. The maximum Gasteiger partial charge on any atom is 0.255 e. The smallest absolute Gasteiger partial charge is 0.255 e. The van der Waals surface area contributed by atoms with E-state index in [1.54, 1.807) is 18.3 Å². The minimum atomic E-state index is 0.0231. The van der Waals surface area contributed by atoms with E-state index >= 15 is 0 Å². The topological polar surface area (TPSA) is 75.4 Å². The number of carbonyl (C=O) groups is 1. The molecule has 0 N–H and O–H groups in total. The zero-order valence-electron chi connectivity index (χ0n) is 15.5. The molecule has 1 fully saturated rings. The molecule has 28 heavy (non-hydrogen) atoms. The maximum atomic E-state index is 12.6. The molecular weight excluding hydrogens is 378 g/mol. The number of halogens is 1. The van der Waals surface area contributed by atoms with E-state index in [0.717, 1.165) is 24.3 Å². The Bertz CT molecular complexity index is 947. The molecule has 0 atom stereocenters. The van der Waals surface area contributed by atoms with E-state index < -0.39 is 0 Å². The highest BCUT2D eigenvalue weighted by Gasteiger charge is 2.23. The molecule has 1 aromatic carbocycles. The lowest BCUT2D eigenvalue weighted by atomic mass is 10.2. The molecule has 3 heterocycles. The van der Waals surface area contributed by atoms with Crippen LogP contribution in [0.4, 0.5) is 0 Å². The summed E-state index contributed by atoms with van der Waals surface area (Å²) in [6.45, 7) is 5.29. The fourth-order valence-electron chi connectivity index (χ4n) is 3.11. The van der Waals surface area contributed by atoms with Gasteiger partial charge in [-0.1, -0.05) is 16.8 Å². The van der Waals surface area contributed by atoms with Crippen molar-refractivity contribution in [1.29, 1.82) is 0 Å². The zero-order chi connectivity index (χ0) is 19.5. The summed E-state index contributed by atoms with van der Waals surface area (Å²) in [7, 11) is 0. The van der Waals surface area contributed by atoms with Crippen molar-refractivity contribution in [3.05, 3.63) is 64.8 Å². The standard InChI is InChI=1S/C20H20ClN5O2/c1-14-2-3-16(12-22-14)20(27)26-10-8-25(9-11-26)13-18-23-19(24-28-18)15-4-6-17(21)7-5-15/h2-7,12H,8-11,13H2,1H3. The van der Waals surface area contributed by atoms with Crippen LogP contribution in [0.5, 0.6) is 0 Å². The number of piperazine rings is 1. The van der Waals surface area contributed by atoms with Gasteiger partial charge in [0.05, 0.1) is 12.1 Å². The molecule has 1 amide bonds. The SMILES string of the molecule is Cc1ccc(C(=O)N2CCN(Cc3nc(-c4ccc(Cl)cc4)no3)CC2)cn1. The summed E-state index contributed by atoms with van der Waals surface area (Å²) < 4.78 is 5.38. The van der Waals surface area contributed by atoms with Crippen molar-refractivity contribution < 1.29 is 9.32 Å². The molecule has 0 aliphatic carbocycles. The van der Waals surface area contributed by atoms with Gasteiger partial charge < -0.3 is 9.42 Å². The largest absolute Gasteiger partial charge is 0.338 e. The zero-order valence-corrected chi connectivity index (χ0v) is 16.3. The highest BCUT2D eigenvalue weighted by atomic mass is 35.5. The number of benzene rings is 1. The number of pyridine rings is 1. The molecule has 144 valence electrons. The molecule has 2 aromatic heterocycles. The average Bonchev–Trinajstić information content (AvgIpc) is 3.18. The monoisotopic (exact) mass is 397 g/mol. The molecule has 0 bridgehead atoms. The van der Waals surface area contributed by atoms with E-state index in [9.17, 15) is 4.79 Å². The number of aryl methyl sites for hydroxylation is 1. The van der Waals surface area contributed by atoms with Gasteiger partial charge in [0.15, 0.2) is 0 Å². The number of aromatic nitrogens is 3. The number of rotatable bonds is 4. The van der Waals surface area contributed by atoms with Crippen LogP contribution in [-0.2, 0) is 6.54 Å². The third kappa shape index (κ3) is 4.21. The van der Waals surface area contributed by atoms with Gasteiger partial charge in [-0.3, -0.25) is 14.7 Å². The fourth-order valence-corrected chi connectivity index (χ4v) is 3.24. The lowest BCUT2D eigenvalue weighted by Gasteiger charge is -2.33. The van der Waals surface area contributed by atoms with Crippen molar-refractivity contribution in [3.63, 3.8) is 0 Å². The van der Waals surface area contributed by atoms with E-state index in [-0.39, 0.29) is 5.91 Å². The first-order valence-corrected chi connectivity index (χ1v) is 9.49. The van der Waals surface area contributed by atoms with Crippen LogP contribution in [0.15, 0.2) is 47.1 Å². The quantitative estimate of drug-likeness (QED) is 0.673. The molecule has 1 aliphatic heterocycles. The minimum absolute atomic E-state index is 0.0231. The van der Waals surface area contributed by atoms with E-state index in [1.165, 1.54) is 0 Å². The van der Waals surface area contributed by atoms with Crippen LogP contribution in [0.2, 0.25) is 5.02 Å². The lowest BCUT2D eigenvalue weighted by Crippen LogP contribution is -2.48. The molecular formula is C20H20ClN5O2. The molecule has 3 aromatic rings. The molecule has 4 rings (SSSR count). The predicted molar refractivity (Wildman–Crippen MR) is 105 cm³/mol. The normalized spacial score (nSPS) is 15.0. The average molecular weight is 398 g/mol. The molecule has 0 saturated carbocycles. The number of carbonyl (C=O) groups excluding carboxylic acids is 1. The maximum absolute atomic E-state index is 12.6. The molecule has 0 unspecified atom stereocenters. The highest BCUT2D eigenvalue weighted by molar-refractivity contribution is 6.30. The van der Waals surface area contributed by atoms with Crippen molar-refractivity contribution in [1.82, 2.24) is 24.9 Å². The molecule has 8 heteroatoms. The van der Waals surface area contributed by atoms with Crippen molar-refractivity contribution in [2.75, 3.05) is 26.2 Å². The fraction of sp³-hybridized carbons (Fsp3) is 0.300. The summed E-state index contributed by atoms with van der Waals surface area (Å²) in [6, 6.07) is 11.0. The Morgan fingerprint density at radius 1 is 1.11 bits per heavy atom. The number of nitrogens with zero attached hydrogens (tertiary/aromatic N) is 5. The molecule has 0 radical (unpaired) electrons. The Balaban J connectivity index is 1.33. The highest BCUT2D eigenvalue weighted by Crippen LogP contribution is 2.19. The van der Waals surface area contributed by atoms with E-state index in [2.05, 4.69) is 20.0 Å². The van der Waals surface area contributed by atoms with Crippen LogP contribution in [0.1, 0.15) is 21.9 Å². The molecule has 1 saturated heterocycles. The summed E-state index contributed by atoms with van der Waals surface area (Å²) in [5, 5.41) is 4.71. The van der Waals surface area contributed by atoms with Crippen molar-refractivity contribution in [2.45, 2.75) is 13.5 Å². The first-order chi connectivity index (χ1) is 13.6. The van der Waals surface area contributed by atoms with E-state index in [1.807, 2.05) is 36.1 Å². The Morgan fingerprint density at radius 2 is 1.86 bits per heavy atom. The van der Waals surface area contributed by atoms with Crippen LogP contribution >= 0.6 is 11.6 Å². The van der Waals surface area contributed by atoms with Crippen LogP contribution in [0.3, 0.4) is 0 Å². The summed E-state index contributed by atoms with van der Waals surface area (Å²) in [4.78, 5) is 25.3. The van der Waals surface area contributed by atoms with Gasteiger partial charge in [0.1, 0.15) is 0 Å². The van der Waals surface area contributed by atoms with Gasteiger partial charge in [-0.15, -0.1) is 0 Å². The second-order valence-electron chi connectivity index (χ2n) is 6.78. The van der Waals surface area contributed by atoms with E-state index in [0.29, 0.717) is 41.9 Å². The number of hydrogen-bond acceptors (Lipinski definition) is 6. The van der Waals surface area contributed by atoms with Gasteiger partial charge >= 0.3 is 0 Å². The van der Waals surface area contributed by atoms with Gasteiger partial charge in [0.2, 0.25) is 11.7 Å². The Labute approximate surface area is 167 Å². The second kappa shape index (κ2) is 8.08. The van der Waals surface area contributed by atoms with Crippen molar-refractivity contribution in [2.24, 2.45) is 0 Å². The third-order valence-corrected chi connectivity index (χ3v) is 5.00. The van der Waals surface area contributed by atoms with Crippen molar-refractivity contribution >= 4 is 17.5 Å². The van der Waals surface area contributed by atoms with Crippen LogP contribution in [0, 0.1) is 6.92 Å². The Kier molecular flexibility index (Phi) is 5.36. The van der Waals surface area contributed by atoms with E-state index in [4.69, 9.17) is 16.1 Å². The van der Waals surface area contributed by atoms with Crippen molar-refractivity contribution in [3.8, 4) is 11.4 Å². The van der Waals surface area contributed by atoms with Gasteiger partial charge in [-0.2, -0.15) is 4.98 Å². The lowest BCUT2D eigenvalue weighted by molar-refractivity contribution is 0.0614. The molecule has 7 nitrogen and oxygen atoms in total. The van der Waals surface area contributed by atoms with Gasteiger partial charge in [0, 0.05) is 48.7 Å². The van der Waals surface area contributed by atoms with Gasteiger partial charge in [-0.05, 0) is 43.3 Å². The first-order valence-electron chi connectivity index (χ1n) is 9.11. The second-order valence-corrected chi connectivity index (χ2v) is 7.21. The molecule has 0 spiro atoms. The predicted octanol–water partition coefficient (Wildman–Crippen LogP) is 3.05. The Hall–Kier alpha value is -2.77. The van der Waals surface area contributed by atoms with Gasteiger partial charge in [0.25, 0.3) is 5.91 Å². The number of hydrogen-bond donors (Lipinski definition) is 0. The third-order valence-electron chi connectivity index (χ3n) is 4.75. The van der Waals surface area contributed by atoms with Crippen LogP contribution < -0.4 is 0 Å². The van der Waals surface area contributed by atoms with Crippen LogP contribution in [-0.4, -0.2) is 57.0 Å². The Morgan fingerprint density at radius 3 is 2.54 bits per heavy atom. The molecule has 1 aliphatic rings. The van der Waals surface area contributed by atoms with Gasteiger partial charge in [-0.25, -0.2) is 0 Å². The minimum Gasteiger partial charge on any atom is -0.338 e.